The van der Waals surface area contributed by atoms with E-state index in [4.69, 9.17) is 28.6 Å². The number of carbonyl (C=O) groups is 2. The molecule has 0 spiro atoms. The van der Waals surface area contributed by atoms with Crippen LogP contribution in [0.25, 0.3) is 5.69 Å². The summed E-state index contributed by atoms with van der Waals surface area (Å²) in [7, 11) is 1.45. The number of aromatic nitrogens is 2. The molecular weight excluding hydrogens is 562 g/mol. The van der Waals surface area contributed by atoms with Gasteiger partial charge in [0.25, 0.3) is 0 Å². The number of carbonyl (C=O) groups excluding carboxylic acids is 1. The predicted octanol–water partition coefficient (Wildman–Crippen LogP) is 5.60. The molecule has 3 N–H and O–H groups in total. The van der Waals surface area contributed by atoms with E-state index < -0.39 is 5.97 Å². The Labute approximate surface area is 247 Å². The van der Waals surface area contributed by atoms with Gasteiger partial charge in [0.05, 0.1) is 34.1 Å². The number of anilines is 2. The second kappa shape index (κ2) is 11.7. The molecule has 210 valence electrons. The second-order valence-corrected chi connectivity index (χ2v) is 10.4. The first-order valence-electron chi connectivity index (χ1n) is 12.8. The Hall–Kier alpha value is -4.25. The molecule has 11 heteroatoms. The van der Waals surface area contributed by atoms with E-state index in [2.05, 4.69) is 26.3 Å². The third-order valence-electron chi connectivity index (χ3n) is 7.04. The molecule has 1 aliphatic rings. The van der Waals surface area contributed by atoms with Gasteiger partial charge in [-0.05, 0) is 92.3 Å². The smallest absolute Gasteiger partial charge is 0.335 e. The number of nitrogens with one attached hydrogen (secondary N) is 2. The standard InChI is InChI=1S/C30H28ClN5O4S/c1-17-14-22(18(2)35(17)20-9-7-19(8-10-20)29(38)39)28-27(25-6-4-5-13-32-25)34-30(41)36(28)21-11-12-24(23(31)15-21)33-26(37)16-40-3/h4-15,27-28H,16H2,1-3H3,(H,33,37)(H,34,41)(H,38,39). The molecule has 0 radical (unpaired) electrons. The summed E-state index contributed by atoms with van der Waals surface area (Å²) in [5.74, 6) is -1.28. The van der Waals surface area contributed by atoms with E-state index in [0.717, 1.165) is 34.0 Å². The highest BCUT2D eigenvalue weighted by Gasteiger charge is 2.42. The lowest BCUT2D eigenvalue weighted by atomic mass is 9.96. The highest BCUT2D eigenvalue weighted by atomic mass is 35.5. The number of thiocarbonyl (C=S) groups is 1. The molecule has 0 saturated carbocycles. The third kappa shape index (κ3) is 5.54. The van der Waals surface area contributed by atoms with Crippen LogP contribution in [-0.4, -0.2) is 45.4 Å². The summed E-state index contributed by atoms with van der Waals surface area (Å²) in [4.78, 5) is 30.1. The Balaban J connectivity index is 1.59. The van der Waals surface area contributed by atoms with Gasteiger partial charge in [0.2, 0.25) is 5.91 Å². The molecule has 2 aromatic heterocycles. The highest BCUT2D eigenvalue weighted by Crippen LogP contribution is 2.44. The van der Waals surface area contributed by atoms with Crippen LogP contribution in [0.5, 0.6) is 0 Å². The first kappa shape index (κ1) is 28.3. The second-order valence-electron chi connectivity index (χ2n) is 9.66. The molecule has 2 atom stereocenters. The lowest BCUT2D eigenvalue weighted by molar-refractivity contribution is -0.119. The van der Waals surface area contributed by atoms with Crippen LogP contribution in [0.3, 0.4) is 0 Å². The number of pyridine rings is 1. The van der Waals surface area contributed by atoms with Crippen molar-refractivity contribution >= 4 is 52.2 Å². The van der Waals surface area contributed by atoms with Gasteiger partial charge >= 0.3 is 5.97 Å². The minimum absolute atomic E-state index is 0.0826. The average Bonchev–Trinajstić information content (AvgIpc) is 3.45. The number of methoxy groups -OCH3 is 1. The molecule has 3 heterocycles. The van der Waals surface area contributed by atoms with Gasteiger partial charge in [-0.15, -0.1) is 0 Å². The molecule has 1 saturated heterocycles. The van der Waals surface area contributed by atoms with Crippen LogP contribution in [-0.2, 0) is 9.53 Å². The maximum atomic E-state index is 12.1. The Bertz CT molecular complexity index is 1620. The van der Waals surface area contributed by atoms with E-state index in [1.165, 1.54) is 7.11 Å². The van der Waals surface area contributed by atoms with Gasteiger partial charge in [-0.2, -0.15) is 0 Å². The fourth-order valence-electron chi connectivity index (χ4n) is 5.26. The van der Waals surface area contributed by atoms with Crippen LogP contribution in [0.15, 0.2) is 72.9 Å². The van der Waals surface area contributed by atoms with Crippen LogP contribution in [0.4, 0.5) is 11.4 Å². The maximum Gasteiger partial charge on any atom is 0.335 e. The maximum absolute atomic E-state index is 12.1. The summed E-state index contributed by atoms with van der Waals surface area (Å²) in [6.45, 7) is 3.96. The predicted molar refractivity (Wildman–Crippen MR) is 162 cm³/mol. The number of aryl methyl sites for hydroxylation is 1. The molecule has 1 fully saturated rings. The fourth-order valence-corrected chi connectivity index (χ4v) is 5.83. The summed E-state index contributed by atoms with van der Waals surface area (Å²) in [5, 5.41) is 16.4. The quantitative estimate of drug-likeness (QED) is 0.228. The van der Waals surface area contributed by atoms with Crippen molar-refractivity contribution in [1.82, 2.24) is 14.9 Å². The first-order chi connectivity index (χ1) is 19.7. The van der Waals surface area contributed by atoms with Crippen LogP contribution < -0.4 is 15.5 Å². The lowest BCUT2D eigenvalue weighted by Gasteiger charge is -2.28. The Morgan fingerprint density at radius 1 is 1.10 bits per heavy atom. The van der Waals surface area contributed by atoms with E-state index in [1.807, 2.05) is 43.0 Å². The number of hydrogen-bond donors (Lipinski definition) is 3. The van der Waals surface area contributed by atoms with Crippen molar-refractivity contribution in [3.05, 3.63) is 106 Å². The summed E-state index contributed by atoms with van der Waals surface area (Å²) in [6, 6.07) is 19.5. The van der Waals surface area contributed by atoms with Crippen LogP contribution in [0.2, 0.25) is 5.02 Å². The number of nitrogens with zero attached hydrogens (tertiary/aromatic N) is 3. The monoisotopic (exact) mass is 589 g/mol. The number of carboxylic acid groups (broad SMARTS) is 1. The van der Waals surface area contributed by atoms with Crippen LogP contribution in [0.1, 0.15) is 45.1 Å². The van der Waals surface area contributed by atoms with E-state index in [9.17, 15) is 14.7 Å². The first-order valence-corrected chi connectivity index (χ1v) is 13.6. The largest absolute Gasteiger partial charge is 0.478 e. The number of carboxylic acids is 1. The van der Waals surface area contributed by atoms with E-state index in [0.29, 0.717) is 15.8 Å². The average molecular weight is 590 g/mol. The number of aromatic carboxylic acids is 1. The van der Waals surface area contributed by atoms with E-state index in [1.54, 1.807) is 42.6 Å². The molecule has 0 aliphatic carbocycles. The Kier molecular flexibility index (Phi) is 8.07. The van der Waals surface area contributed by atoms with Gasteiger partial charge in [-0.1, -0.05) is 17.7 Å². The minimum atomic E-state index is -0.972. The Morgan fingerprint density at radius 3 is 2.46 bits per heavy atom. The van der Waals surface area contributed by atoms with E-state index in [-0.39, 0.29) is 30.2 Å². The van der Waals surface area contributed by atoms with E-state index >= 15 is 0 Å². The zero-order valence-electron chi connectivity index (χ0n) is 22.6. The number of rotatable bonds is 8. The van der Waals surface area contributed by atoms with Gasteiger partial charge in [0.15, 0.2) is 5.11 Å². The summed E-state index contributed by atoms with van der Waals surface area (Å²) >= 11 is 12.5. The van der Waals surface area contributed by atoms with Gasteiger partial charge in [-0.25, -0.2) is 4.79 Å². The van der Waals surface area contributed by atoms with Crippen molar-refractivity contribution < 1.29 is 19.4 Å². The number of ether oxygens (including phenoxy) is 1. The number of amides is 1. The Morgan fingerprint density at radius 2 is 1.83 bits per heavy atom. The minimum Gasteiger partial charge on any atom is -0.478 e. The van der Waals surface area contributed by atoms with Crippen LogP contribution in [0, 0.1) is 13.8 Å². The molecule has 1 amide bonds. The number of halogens is 1. The van der Waals surface area contributed by atoms with Gasteiger partial charge in [0, 0.05) is 36.1 Å². The lowest BCUT2D eigenvalue weighted by Crippen LogP contribution is -2.29. The van der Waals surface area contributed by atoms with Gasteiger partial charge in [-0.3, -0.25) is 9.78 Å². The molecular formula is C30H28ClN5O4S. The molecule has 2 aromatic carbocycles. The van der Waals surface area contributed by atoms with Crippen molar-refractivity contribution in [3.63, 3.8) is 0 Å². The zero-order chi connectivity index (χ0) is 29.3. The fraction of sp³-hybridized carbons (Fsp3) is 0.200. The summed E-state index contributed by atoms with van der Waals surface area (Å²) < 4.78 is 6.99. The normalized spacial score (nSPS) is 16.5. The molecule has 9 nitrogen and oxygen atoms in total. The molecule has 4 aromatic rings. The zero-order valence-corrected chi connectivity index (χ0v) is 24.2. The topological polar surface area (TPSA) is 109 Å². The summed E-state index contributed by atoms with van der Waals surface area (Å²) in [6.07, 6.45) is 1.75. The van der Waals surface area contributed by atoms with Crippen molar-refractivity contribution in [2.45, 2.75) is 25.9 Å². The van der Waals surface area contributed by atoms with Crippen molar-refractivity contribution in [2.75, 3.05) is 23.9 Å². The molecule has 0 bridgehead atoms. The summed E-state index contributed by atoms with van der Waals surface area (Å²) in [5.41, 5.74) is 6.09. The van der Waals surface area contributed by atoms with Crippen molar-refractivity contribution in [2.24, 2.45) is 0 Å². The third-order valence-corrected chi connectivity index (χ3v) is 7.67. The molecule has 2 unspecified atom stereocenters. The molecule has 1 aliphatic heterocycles. The van der Waals surface area contributed by atoms with Crippen LogP contribution >= 0.6 is 23.8 Å². The number of benzene rings is 2. The van der Waals surface area contributed by atoms with Crippen molar-refractivity contribution in [1.29, 1.82) is 0 Å². The van der Waals surface area contributed by atoms with Gasteiger partial charge < -0.3 is 29.9 Å². The van der Waals surface area contributed by atoms with Crippen molar-refractivity contribution in [3.8, 4) is 5.69 Å². The molecule has 41 heavy (non-hydrogen) atoms. The SMILES string of the molecule is COCC(=O)Nc1ccc(N2C(=S)NC(c3ccccn3)C2c2cc(C)n(-c3ccc(C(=O)O)cc3)c2C)cc1Cl. The number of hydrogen-bond acceptors (Lipinski definition) is 5. The highest BCUT2D eigenvalue weighted by molar-refractivity contribution is 7.80. The van der Waals surface area contributed by atoms with Gasteiger partial charge in [0.1, 0.15) is 6.61 Å². The molecule has 5 rings (SSSR count).